The van der Waals surface area contributed by atoms with Crippen LogP contribution >= 0.6 is 0 Å². The number of rotatable bonds is 4. The average molecular weight is 333 g/mol. The first-order valence-electron chi connectivity index (χ1n) is 7.63. The largest absolute Gasteiger partial charge is 0.401 e. The molecule has 1 aliphatic rings. The van der Waals surface area contributed by atoms with E-state index < -0.39 is 12.7 Å². The zero-order valence-electron chi connectivity index (χ0n) is 13.5. The zero-order chi connectivity index (χ0) is 17.2. The van der Waals surface area contributed by atoms with Crippen LogP contribution < -0.4 is 5.32 Å². The van der Waals surface area contributed by atoms with Crippen molar-refractivity contribution in [3.05, 3.63) is 11.6 Å². The van der Waals surface area contributed by atoms with Crippen molar-refractivity contribution in [3.63, 3.8) is 0 Å². The second-order valence-corrected chi connectivity index (χ2v) is 6.10. The molecule has 23 heavy (non-hydrogen) atoms. The smallest absolute Gasteiger partial charge is 0.347 e. The Hall–Kier alpha value is -1.64. The van der Waals surface area contributed by atoms with Crippen LogP contribution in [0.1, 0.15) is 36.2 Å². The molecule has 0 aromatic carbocycles. The van der Waals surface area contributed by atoms with Crippen molar-refractivity contribution >= 4 is 5.91 Å². The van der Waals surface area contributed by atoms with E-state index in [1.165, 1.54) is 9.58 Å². The van der Waals surface area contributed by atoms with Crippen LogP contribution in [0.25, 0.3) is 0 Å². The van der Waals surface area contributed by atoms with Crippen molar-refractivity contribution < 1.29 is 18.0 Å². The second-order valence-electron chi connectivity index (χ2n) is 6.10. The van der Waals surface area contributed by atoms with Gasteiger partial charge in [-0.25, -0.2) is 9.67 Å². The van der Waals surface area contributed by atoms with Crippen LogP contribution in [0.3, 0.4) is 0 Å². The van der Waals surface area contributed by atoms with Crippen LogP contribution in [0.15, 0.2) is 0 Å². The van der Waals surface area contributed by atoms with Crippen LogP contribution in [0.4, 0.5) is 13.2 Å². The number of carbonyl (C=O) groups is 1. The van der Waals surface area contributed by atoms with Crippen molar-refractivity contribution in [2.24, 2.45) is 13.0 Å². The van der Waals surface area contributed by atoms with E-state index >= 15 is 0 Å². The molecule has 6 nitrogen and oxygen atoms in total. The standard InChI is InChI=1S/C14H22F3N5O/c1-9(18-13(23)12-19-10(2)20-21(12)3)11-4-6-22(7-5-11)8-14(15,16)17/h9,11H,4-8H2,1-3H3,(H,18,23). The summed E-state index contributed by atoms with van der Waals surface area (Å²) in [6.45, 7) is 3.52. The van der Waals surface area contributed by atoms with Gasteiger partial charge in [0.05, 0.1) is 6.54 Å². The number of hydrogen-bond acceptors (Lipinski definition) is 4. The van der Waals surface area contributed by atoms with E-state index in [0.717, 1.165) is 0 Å². The van der Waals surface area contributed by atoms with Crippen LogP contribution in [0.5, 0.6) is 0 Å². The number of halogens is 3. The molecule has 1 aromatic heterocycles. The molecular weight excluding hydrogens is 311 g/mol. The minimum Gasteiger partial charge on any atom is -0.347 e. The summed E-state index contributed by atoms with van der Waals surface area (Å²) < 4.78 is 38.6. The highest BCUT2D eigenvalue weighted by Gasteiger charge is 2.33. The maximum absolute atomic E-state index is 12.4. The first-order valence-corrected chi connectivity index (χ1v) is 7.63. The molecule has 1 atom stereocenters. The zero-order valence-corrected chi connectivity index (χ0v) is 13.5. The summed E-state index contributed by atoms with van der Waals surface area (Å²) in [5.41, 5.74) is 0. The van der Waals surface area contributed by atoms with Gasteiger partial charge in [-0.05, 0) is 45.7 Å². The number of likely N-dealkylation sites (tertiary alicyclic amines) is 1. The van der Waals surface area contributed by atoms with E-state index in [9.17, 15) is 18.0 Å². The number of alkyl halides is 3. The van der Waals surface area contributed by atoms with E-state index in [1.54, 1.807) is 14.0 Å². The maximum Gasteiger partial charge on any atom is 0.401 e. The third-order valence-corrected chi connectivity index (χ3v) is 4.17. The summed E-state index contributed by atoms with van der Waals surface area (Å²) in [6, 6.07) is -0.118. The quantitative estimate of drug-likeness (QED) is 0.907. The van der Waals surface area contributed by atoms with Crippen molar-refractivity contribution in [2.75, 3.05) is 19.6 Å². The van der Waals surface area contributed by atoms with Gasteiger partial charge in [0.1, 0.15) is 5.82 Å². The number of amides is 1. The van der Waals surface area contributed by atoms with Gasteiger partial charge in [-0.1, -0.05) is 0 Å². The fourth-order valence-corrected chi connectivity index (χ4v) is 2.96. The van der Waals surface area contributed by atoms with Gasteiger partial charge in [-0.3, -0.25) is 9.69 Å². The molecule has 2 heterocycles. The van der Waals surface area contributed by atoms with Gasteiger partial charge in [0, 0.05) is 13.1 Å². The molecule has 0 bridgehead atoms. The van der Waals surface area contributed by atoms with Crippen LogP contribution in [0, 0.1) is 12.8 Å². The van der Waals surface area contributed by atoms with Crippen molar-refractivity contribution in [1.29, 1.82) is 0 Å². The van der Waals surface area contributed by atoms with Crippen LogP contribution in [-0.2, 0) is 7.05 Å². The Labute approximate surface area is 133 Å². The lowest BCUT2D eigenvalue weighted by molar-refractivity contribution is -0.148. The van der Waals surface area contributed by atoms with E-state index in [0.29, 0.717) is 31.8 Å². The van der Waals surface area contributed by atoms with Gasteiger partial charge in [0.25, 0.3) is 5.91 Å². The number of piperidine rings is 1. The molecule has 1 fully saturated rings. The topological polar surface area (TPSA) is 63.1 Å². The fraction of sp³-hybridized carbons (Fsp3) is 0.786. The number of aromatic nitrogens is 3. The fourth-order valence-electron chi connectivity index (χ4n) is 2.96. The summed E-state index contributed by atoms with van der Waals surface area (Å²) in [4.78, 5) is 17.7. The minimum atomic E-state index is -4.16. The summed E-state index contributed by atoms with van der Waals surface area (Å²) >= 11 is 0. The molecule has 0 aliphatic carbocycles. The number of aryl methyl sites for hydroxylation is 2. The summed E-state index contributed by atoms with van der Waals surface area (Å²) in [5.74, 6) is 0.616. The lowest BCUT2D eigenvalue weighted by atomic mass is 9.90. The van der Waals surface area contributed by atoms with Gasteiger partial charge in [-0.2, -0.15) is 18.3 Å². The molecule has 0 radical (unpaired) electrons. The Morgan fingerprint density at radius 1 is 1.39 bits per heavy atom. The minimum absolute atomic E-state index is 0.118. The van der Waals surface area contributed by atoms with Gasteiger partial charge in [-0.15, -0.1) is 0 Å². The predicted octanol–water partition coefficient (Wildman–Crippen LogP) is 1.52. The van der Waals surface area contributed by atoms with E-state index in [-0.39, 0.29) is 23.7 Å². The Kier molecular flexibility index (Phi) is 5.28. The number of nitrogens with one attached hydrogen (secondary N) is 1. The number of nitrogens with zero attached hydrogens (tertiary/aromatic N) is 4. The maximum atomic E-state index is 12.4. The van der Waals surface area contributed by atoms with E-state index in [2.05, 4.69) is 15.4 Å². The molecule has 1 unspecified atom stereocenters. The summed E-state index contributed by atoms with van der Waals surface area (Å²) in [7, 11) is 1.65. The highest BCUT2D eigenvalue weighted by Crippen LogP contribution is 2.24. The van der Waals surface area contributed by atoms with Crippen LogP contribution in [0.2, 0.25) is 0 Å². The highest BCUT2D eigenvalue weighted by atomic mass is 19.4. The molecule has 0 saturated carbocycles. The van der Waals surface area contributed by atoms with Crippen molar-refractivity contribution in [3.8, 4) is 0 Å². The molecule has 1 saturated heterocycles. The molecule has 1 aliphatic heterocycles. The Morgan fingerprint density at radius 2 is 2.00 bits per heavy atom. The number of carbonyl (C=O) groups excluding carboxylic acids is 1. The molecule has 2 rings (SSSR count). The van der Waals surface area contributed by atoms with Gasteiger partial charge in [0.15, 0.2) is 0 Å². The van der Waals surface area contributed by atoms with Crippen molar-refractivity contribution in [2.45, 2.75) is 38.9 Å². The molecule has 1 amide bonds. The lowest BCUT2D eigenvalue weighted by Crippen LogP contribution is -2.46. The SMILES string of the molecule is Cc1nc(C(=O)NC(C)C2CCN(CC(F)(F)F)CC2)n(C)n1. The molecule has 1 aromatic rings. The molecule has 1 N–H and O–H groups in total. The molecule has 130 valence electrons. The predicted molar refractivity (Wildman–Crippen MR) is 77.9 cm³/mol. The Bertz CT molecular complexity index is 549. The molecular formula is C14H22F3N5O. The third kappa shape index (κ3) is 4.92. The lowest BCUT2D eigenvalue weighted by Gasteiger charge is -2.35. The van der Waals surface area contributed by atoms with Crippen molar-refractivity contribution in [1.82, 2.24) is 25.0 Å². The molecule has 9 heteroatoms. The first-order chi connectivity index (χ1) is 10.7. The van der Waals surface area contributed by atoms with Gasteiger partial charge in [0.2, 0.25) is 5.82 Å². The monoisotopic (exact) mass is 333 g/mol. The van der Waals surface area contributed by atoms with Gasteiger partial charge >= 0.3 is 6.18 Å². The summed E-state index contributed by atoms with van der Waals surface area (Å²) in [5, 5.41) is 6.91. The second kappa shape index (κ2) is 6.86. The van der Waals surface area contributed by atoms with E-state index in [4.69, 9.17) is 0 Å². The highest BCUT2D eigenvalue weighted by molar-refractivity contribution is 5.90. The Morgan fingerprint density at radius 3 is 2.48 bits per heavy atom. The number of hydrogen-bond donors (Lipinski definition) is 1. The summed E-state index contributed by atoms with van der Waals surface area (Å²) in [6.07, 6.45) is -2.89. The third-order valence-electron chi connectivity index (χ3n) is 4.17. The normalized spacial score (nSPS) is 18.9. The van der Waals surface area contributed by atoms with Gasteiger partial charge < -0.3 is 5.32 Å². The van der Waals surface area contributed by atoms with E-state index in [1.807, 2.05) is 6.92 Å². The first kappa shape index (κ1) is 17.7. The van der Waals surface area contributed by atoms with Crippen LogP contribution in [-0.4, -0.2) is 57.4 Å². The average Bonchev–Trinajstić information content (AvgIpc) is 2.76. The Balaban J connectivity index is 1.84. The molecule has 0 spiro atoms.